The van der Waals surface area contributed by atoms with Gasteiger partial charge in [0.05, 0.1) is 6.10 Å². The molecule has 0 heterocycles. The van der Waals surface area contributed by atoms with E-state index in [2.05, 4.69) is 10.6 Å². The number of carbonyl (C=O) groups excluding carboxylic acids is 2. The maximum atomic E-state index is 12.1. The first-order valence-electron chi connectivity index (χ1n) is 7.08. The summed E-state index contributed by atoms with van der Waals surface area (Å²) >= 11 is 0. The van der Waals surface area contributed by atoms with E-state index < -0.39 is 6.10 Å². The SMILES string of the molecule is CCNC(=O)CN(CC)C(=O)Nc1cccc(C(C)O)c1. The highest BCUT2D eigenvalue weighted by atomic mass is 16.3. The van der Waals surface area contributed by atoms with Gasteiger partial charge in [-0.25, -0.2) is 4.79 Å². The second-order valence-electron chi connectivity index (χ2n) is 4.70. The molecule has 0 aliphatic heterocycles. The molecule has 6 heteroatoms. The van der Waals surface area contributed by atoms with Crippen molar-refractivity contribution in [3.63, 3.8) is 0 Å². The number of rotatable bonds is 6. The van der Waals surface area contributed by atoms with Crippen molar-refractivity contribution in [2.75, 3.05) is 25.0 Å². The summed E-state index contributed by atoms with van der Waals surface area (Å²) in [4.78, 5) is 25.1. The van der Waals surface area contributed by atoms with E-state index in [0.717, 1.165) is 5.56 Å². The third kappa shape index (κ3) is 5.43. The highest BCUT2D eigenvalue weighted by Gasteiger charge is 2.15. The Labute approximate surface area is 125 Å². The Morgan fingerprint density at radius 2 is 2.05 bits per heavy atom. The molecule has 1 atom stereocenters. The average molecular weight is 293 g/mol. The molecule has 0 radical (unpaired) electrons. The molecule has 0 aliphatic carbocycles. The molecule has 0 aliphatic rings. The lowest BCUT2D eigenvalue weighted by molar-refractivity contribution is -0.121. The number of nitrogens with one attached hydrogen (secondary N) is 2. The zero-order valence-electron chi connectivity index (χ0n) is 12.7. The molecule has 0 aromatic heterocycles. The largest absolute Gasteiger partial charge is 0.389 e. The third-order valence-corrected chi connectivity index (χ3v) is 3.00. The van der Waals surface area contributed by atoms with E-state index in [4.69, 9.17) is 0 Å². The number of benzene rings is 1. The summed E-state index contributed by atoms with van der Waals surface area (Å²) in [7, 11) is 0. The van der Waals surface area contributed by atoms with Crippen LogP contribution in [-0.2, 0) is 4.79 Å². The maximum absolute atomic E-state index is 12.1. The first-order chi connectivity index (χ1) is 9.97. The minimum absolute atomic E-state index is 0.0201. The minimum Gasteiger partial charge on any atom is -0.389 e. The van der Waals surface area contributed by atoms with Crippen LogP contribution >= 0.6 is 0 Å². The number of likely N-dealkylation sites (N-methyl/N-ethyl adjacent to an activating group) is 2. The fourth-order valence-electron chi connectivity index (χ4n) is 1.83. The lowest BCUT2D eigenvalue weighted by atomic mass is 10.1. The van der Waals surface area contributed by atoms with E-state index >= 15 is 0 Å². The van der Waals surface area contributed by atoms with E-state index in [0.29, 0.717) is 18.8 Å². The summed E-state index contributed by atoms with van der Waals surface area (Å²) in [5, 5.41) is 14.9. The quantitative estimate of drug-likeness (QED) is 0.747. The van der Waals surface area contributed by atoms with Crippen LogP contribution in [0.4, 0.5) is 10.5 Å². The Balaban J connectivity index is 2.69. The molecular formula is C15H23N3O3. The Bertz CT molecular complexity index is 489. The van der Waals surface area contributed by atoms with Gasteiger partial charge in [0.2, 0.25) is 5.91 Å². The molecule has 1 unspecified atom stereocenters. The summed E-state index contributed by atoms with van der Waals surface area (Å²) in [6.45, 7) is 6.29. The van der Waals surface area contributed by atoms with Crippen molar-refractivity contribution in [1.29, 1.82) is 0 Å². The molecule has 0 saturated heterocycles. The molecule has 0 bridgehead atoms. The summed E-state index contributed by atoms with van der Waals surface area (Å²) in [5.41, 5.74) is 1.31. The number of hydrogen-bond acceptors (Lipinski definition) is 3. The van der Waals surface area contributed by atoms with Crippen molar-refractivity contribution in [2.45, 2.75) is 26.9 Å². The normalized spacial score (nSPS) is 11.6. The monoisotopic (exact) mass is 293 g/mol. The Hall–Kier alpha value is -2.08. The number of urea groups is 1. The second kappa shape index (κ2) is 8.26. The van der Waals surface area contributed by atoms with Gasteiger partial charge in [0.15, 0.2) is 0 Å². The van der Waals surface area contributed by atoms with Crippen LogP contribution in [-0.4, -0.2) is 41.6 Å². The summed E-state index contributed by atoms with van der Waals surface area (Å²) in [6, 6.07) is 6.66. The Morgan fingerprint density at radius 1 is 1.33 bits per heavy atom. The Morgan fingerprint density at radius 3 is 2.62 bits per heavy atom. The molecule has 6 nitrogen and oxygen atoms in total. The fourth-order valence-corrected chi connectivity index (χ4v) is 1.83. The molecule has 3 N–H and O–H groups in total. The first-order valence-corrected chi connectivity index (χ1v) is 7.08. The van der Waals surface area contributed by atoms with Crippen LogP contribution in [0.2, 0.25) is 0 Å². The van der Waals surface area contributed by atoms with Gasteiger partial charge in [0.1, 0.15) is 6.54 Å². The molecule has 1 aromatic rings. The van der Waals surface area contributed by atoms with Crippen molar-refractivity contribution in [2.24, 2.45) is 0 Å². The van der Waals surface area contributed by atoms with Crippen LogP contribution in [0, 0.1) is 0 Å². The molecule has 0 saturated carbocycles. The van der Waals surface area contributed by atoms with Crippen molar-refractivity contribution in [3.05, 3.63) is 29.8 Å². The van der Waals surface area contributed by atoms with Gasteiger partial charge in [0, 0.05) is 18.8 Å². The van der Waals surface area contributed by atoms with Crippen LogP contribution < -0.4 is 10.6 Å². The minimum atomic E-state index is -0.598. The predicted octanol–water partition coefficient (Wildman–Crippen LogP) is 1.73. The fraction of sp³-hybridized carbons (Fsp3) is 0.467. The van der Waals surface area contributed by atoms with Gasteiger partial charge in [0.25, 0.3) is 0 Å². The number of aliphatic hydroxyl groups excluding tert-OH is 1. The van der Waals surface area contributed by atoms with E-state index in [-0.39, 0.29) is 18.5 Å². The third-order valence-electron chi connectivity index (χ3n) is 3.00. The number of aliphatic hydroxyl groups is 1. The van der Waals surface area contributed by atoms with Crippen LogP contribution in [0.5, 0.6) is 0 Å². The lowest BCUT2D eigenvalue weighted by Gasteiger charge is -2.21. The number of anilines is 1. The summed E-state index contributed by atoms with van der Waals surface area (Å²) in [6.07, 6.45) is -0.598. The Kier molecular flexibility index (Phi) is 6.68. The van der Waals surface area contributed by atoms with Crippen molar-refractivity contribution in [1.82, 2.24) is 10.2 Å². The molecule has 3 amide bonds. The van der Waals surface area contributed by atoms with Gasteiger partial charge in [-0.1, -0.05) is 12.1 Å². The smallest absolute Gasteiger partial charge is 0.322 e. The number of carbonyl (C=O) groups is 2. The standard InChI is InChI=1S/C15H23N3O3/c1-4-16-14(20)10-18(5-2)15(21)17-13-8-6-7-12(9-13)11(3)19/h6-9,11,19H,4-5,10H2,1-3H3,(H,16,20)(H,17,21). The molecule has 0 spiro atoms. The van der Waals surface area contributed by atoms with Gasteiger partial charge in [-0.15, -0.1) is 0 Å². The number of hydrogen-bond donors (Lipinski definition) is 3. The number of nitrogens with zero attached hydrogens (tertiary/aromatic N) is 1. The first kappa shape index (κ1) is 17.0. The van der Waals surface area contributed by atoms with Gasteiger partial charge < -0.3 is 20.6 Å². The van der Waals surface area contributed by atoms with E-state index in [1.54, 1.807) is 31.2 Å². The average Bonchev–Trinajstić information content (AvgIpc) is 2.45. The molecule has 21 heavy (non-hydrogen) atoms. The highest BCUT2D eigenvalue weighted by Crippen LogP contribution is 2.17. The predicted molar refractivity (Wildman–Crippen MR) is 82.0 cm³/mol. The van der Waals surface area contributed by atoms with Crippen molar-refractivity contribution < 1.29 is 14.7 Å². The topological polar surface area (TPSA) is 81.7 Å². The van der Waals surface area contributed by atoms with Crippen molar-refractivity contribution >= 4 is 17.6 Å². The zero-order valence-corrected chi connectivity index (χ0v) is 12.7. The summed E-state index contributed by atoms with van der Waals surface area (Å²) in [5.74, 6) is -0.188. The molecule has 1 rings (SSSR count). The molecule has 1 aromatic carbocycles. The van der Waals surface area contributed by atoms with Crippen LogP contribution in [0.3, 0.4) is 0 Å². The van der Waals surface area contributed by atoms with Gasteiger partial charge in [-0.2, -0.15) is 0 Å². The lowest BCUT2D eigenvalue weighted by Crippen LogP contribution is -2.42. The number of amides is 3. The van der Waals surface area contributed by atoms with Gasteiger partial charge in [-0.3, -0.25) is 4.79 Å². The maximum Gasteiger partial charge on any atom is 0.322 e. The van der Waals surface area contributed by atoms with E-state index in [1.165, 1.54) is 4.90 Å². The molecular weight excluding hydrogens is 270 g/mol. The molecule has 0 fully saturated rings. The van der Waals surface area contributed by atoms with Gasteiger partial charge >= 0.3 is 6.03 Å². The van der Waals surface area contributed by atoms with Crippen molar-refractivity contribution in [3.8, 4) is 0 Å². The second-order valence-corrected chi connectivity index (χ2v) is 4.70. The molecule has 116 valence electrons. The van der Waals surface area contributed by atoms with Crippen LogP contribution in [0.15, 0.2) is 24.3 Å². The van der Waals surface area contributed by atoms with E-state index in [1.807, 2.05) is 13.8 Å². The highest BCUT2D eigenvalue weighted by molar-refractivity contribution is 5.92. The van der Waals surface area contributed by atoms with Crippen LogP contribution in [0.1, 0.15) is 32.4 Å². The zero-order chi connectivity index (χ0) is 15.8. The van der Waals surface area contributed by atoms with E-state index in [9.17, 15) is 14.7 Å². The van der Waals surface area contributed by atoms with Gasteiger partial charge in [-0.05, 0) is 38.5 Å². The summed E-state index contributed by atoms with van der Waals surface area (Å²) < 4.78 is 0. The van der Waals surface area contributed by atoms with Crippen LogP contribution in [0.25, 0.3) is 0 Å².